The lowest BCUT2D eigenvalue weighted by atomic mass is 9.99. The molecule has 0 aliphatic rings. The first kappa shape index (κ1) is 10.8. The van der Waals surface area contributed by atoms with Crippen LogP contribution in [0.25, 0.3) is 0 Å². The summed E-state index contributed by atoms with van der Waals surface area (Å²) in [5.74, 6) is 0. The first-order chi connectivity index (χ1) is 6.31. The second-order valence-corrected chi connectivity index (χ2v) is 4.60. The third-order valence-corrected chi connectivity index (χ3v) is 1.72. The molecule has 0 spiro atoms. The molecule has 0 aromatic carbocycles. The molecule has 0 saturated heterocycles. The Bertz CT molecular complexity index is 370. The average molecular weight is 199 g/mol. The van der Waals surface area contributed by atoms with Gasteiger partial charge in [0.15, 0.2) is 0 Å². The van der Waals surface area contributed by atoms with Gasteiger partial charge in [0.2, 0.25) is 0 Å². The number of aromatic nitrogens is 3. The summed E-state index contributed by atoms with van der Waals surface area (Å²) in [4.78, 5) is 11.3. The number of rotatable bonds is 2. The lowest BCUT2D eigenvalue weighted by Gasteiger charge is -2.17. The summed E-state index contributed by atoms with van der Waals surface area (Å²) in [5, 5.41) is 3.96. The van der Waals surface area contributed by atoms with Crippen LogP contribution in [0.2, 0.25) is 0 Å². The fourth-order valence-corrected chi connectivity index (χ4v) is 0.944. The maximum Gasteiger partial charge on any atom is 0.348 e. The minimum atomic E-state index is -0.172. The van der Waals surface area contributed by atoms with E-state index in [0.717, 1.165) is 0 Å². The smallest absolute Gasteiger partial charge is 0.348 e. The van der Waals surface area contributed by atoms with Crippen LogP contribution in [-0.2, 0) is 14.1 Å². The van der Waals surface area contributed by atoms with Crippen LogP contribution in [0.4, 0.5) is 0 Å². The third kappa shape index (κ3) is 2.37. The van der Waals surface area contributed by atoms with Gasteiger partial charge in [0, 0.05) is 14.1 Å². The standard InChI is InChI=1S/C9H17N3O2/c1-9(2,3)6-14-7-10-12(5)8(13)11(7)4/h6H2,1-5H3. The van der Waals surface area contributed by atoms with Gasteiger partial charge in [-0.3, -0.25) is 0 Å². The molecule has 1 aromatic rings. The maximum atomic E-state index is 11.3. The normalized spacial score (nSPS) is 11.8. The Kier molecular flexibility index (Phi) is 2.69. The fraction of sp³-hybridized carbons (Fsp3) is 0.778. The van der Waals surface area contributed by atoms with Crippen molar-refractivity contribution in [3.63, 3.8) is 0 Å². The number of hydrogen-bond acceptors (Lipinski definition) is 3. The number of ether oxygens (including phenoxy) is 1. The van der Waals surface area contributed by atoms with Crippen molar-refractivity contribution in [2.75, 3.05) is 6.61 Å². The first-order valence-electron chi connectivity index (χ1n) is 4.54. The zero-order chi connectivity index (χ0) is 10.9. The van der Waals surface area contributed by atoms with E-state index in [1.165, 1.54) is 9.25 Å². The van der Waals surface area contributed by atoms with E-state index < -0.39 is 0 Å². The van der Waals surface area contributed by atoms with Crippen molar-refractivity contribution < 1.29 is 4.74 Å². The van der Waals surface area contributed by atoms with Crippen molar-refractivity contribution in [2.24, 2.45) is 19.5 Å². The van der Waals surface area contributed by atoms with E-state index in [4.69, 9.17) is 4.74 Å². The topological polar surface area (TPSA) is 49.0 Å². The Labute approximate surface area is 83.3 Å². The highest BCUT2D eigenvalue weighted by atomic mass is 16.5. The summed E-state index contributed by atoms with van der Waals surface area (Å²) in [7, 11) is 3.25. The van der Waals surface area contributed by atoms with E-state index in [2.05, 4.69) is 25.9 Å². The lowest BCUT2D eigenvalue weighted by molar-refractivity contribution is 0.178. The molecule has 0 amide bonds. The zero-order valence-electron chi connectivity index (χ0n) is 9.37. The second kappa shape index (κ2) is 3.48. The molecule has 0 aliphatic heterocycles. The average Bonchev–Trinajstić information content (AvgIpc) is 2.28. The van der Waals surface area contributed by atoms with Gasteiger partial charge in [0.1, 0.15) is 0 Å². The molecule has 5 heteroatoms. The van der Waals surface area contributed by atoms with Gasteiger partial charge in [-0.25, -0.2) is 14.0 Å². The van der Waals surface area contributed by atoms with Crippen molar-refractivity contribution in [2.45, 2.75) is 20.8 Å². The van der Waals surface area contributed by atoms with Crippen LogP contribution in [0.5, 0.6) is 6.01 Å². The Hall–Kier alpha value is -1.26. The van der Waals surface area contributed by atoms with Crippen molar-refractivity contribution in [3.05, 3.63) is 10.5 Å². The molecule has 0 N–H and O–H groups in total. The predicted octanol–water partition coefficient (Wildman–Crippen LogP) is 0.544. The summed E-state index contributed by atoms with van der Waals surface area (Å²) >= 11 is 0. The molecule has 1 aromatic heterocycles. The third-order valence-electron chi connectivity index (χ3n) is 1.72. The van der Waals surface area contributed by atoms with Crippen molar-refractivity contribution >= 4 is 0 Å². The van der Waals surface area contributed by atoms with Crippen LogP contribution < -0.4 is 10.4 Å². The highest BCUT2D eigenvalue weighted by Gasteiger charge is 2.14. The van der Waals surface area contributed by atoms with Gasteiger partial charge in [-0.15, -0.1) is 5.10 Å². The Balaban J connectivity index is 2.79. The molecule has 0 unspecified atom stereocenters. The van der Waals surface area contributed by atoms with E-state index in [1.54, 1.807) is 14.1 Å². The summed E-state index contributed by atoms with van der Waals surface area (Å²) in [6.07, 6.45) is 0. The molecule has 1 rings (SSSR count). The van der Waals surface area contributed by atoms with Crippen LogP contribution >= 0.6 is 0 Å². The molecular formula is C9H17N3O2. The van der Waals surface area contributed by atoms with Crippen LogP contribution in [0.1, 0.15) is 20.8 Å². The molecule has 14 heavy (non-hydrogen) atoms. The largest absolute Gasteiger partial charge is 0.463 e. The Morgan fingerprint density at radius 3 is 2.29 bits per heavy atom. The highest BCUT2D eigenvalue weighted by molar-refractivity contribution is 4.92. The maximum absolute atomic E-state index is 11.3. The second-order valence-electron chi connectivity index (χ2n) is 4.60. The molecule has 80 valence electrons. The number of aryl methyl sites for hydroxylation is 1. The molecule has 0 fully saturated rings. The van der Waals surface area contributed by atoms with Gasteiger partial charge in [-0.1, -0.05) is 20.8 Å². The Morgan fingerprint density at radius 2 is 1.93 bits per heavy atom. The van der Waals surface area contributed by atoms with Gasteiger partial charge >= 0.3 is 11.7 Å². The zero-order valence-corrected chi connectivity index (χ0v) is 9.37. The van der Waals surface area contributed by atoms with Crippen LogP contribution in [-0.4, -0.2) is 21.0 Å². The SMILES string of the molecule is Cn1nc(OCC(C)(C)C)n(C)c1=O. The van der Waals surface area contributed by atoms with Gasteiger partial charge < -0.3 is 4.74 Å². The first-order valence-corrected chi connectivity index (χ1v) is 4.54. The minimum Gasteiger partial charge on any atom is -0.463 e. The van der Waals surface area contributed by atoms with Crippen LogP contribution in [0.3, 0.4) is 0 Å². The van der Waals surface area contributed by atoms with Crippen molar-refractivity contribution in [3.8, 4) is 6.01 Å². The van der Waals surface area contributed by atoms with Gasteiger partial charge in [-0.05, 0) is 5.41 Å². The monoisotopic (exact) mass is 199 g/mol. The van der Waals surface area contributed by atoms with E-state index in [9.17, 15) is 4.79 Å². The predicted molar refractivity (Wildman–Crippen MR) is 53.4 cm³/mol. The molecule has 0 bridgehead atoms. The van der Waals surface area contributed by atoms with E-state index in [-0.39, 0.29) is 11.1 Å². The summed E-state index contributed by atoms with van der Waals surface area (Å²) in [6.45, 7) is 6.73. The number of nitrogens with zero attached hydrogens (tertiary/aromatic N) is 3. The summed E-state index contributed by atoms with van der Waals surface area (Å²) in [6, 6.07) is 0.368. The minimum absolute atomic E-state index is 0.0631. The van der Waals surface area contributed by atoms with Crippen molar-refractivity contribution in [1.82, 2.24) is 14.3 Å². The summed E-state index contributed by atoms with van der Waals surface area (Å²) < 4.78 is 8.09. The fourth-order valence-electron chi connectivity index (χ4n) is 0.944. The molecule has 0 aliphatic carbocycles. The van der Waals surface area contributed by atoms with Crippen LogP contribution in [0.15, 0.2) is 4.79 Å². The molecule has 0 radical (unpaired) electrons. The van der Waals surface area contributed by atoms with Crippen LogP contribution in [0, 0.1) is 5.41 Å². The highest BCUT2D eigenvalue weighted by Crippen LogP contribution is 2.14. The van der Waals surface area contributed by atoms with Gasteiger partial charge in [0.05, 0.1) is 6.61 Å². The molecule has 5 nitrogen and oxygen atoms in total. The number of hydrogen-bond donors (Lipinski definition) is 0. The van der Waals surface area contributed by atoms with Gasteiger partial charge in [0.25, 0.3) is 0 Å². The lowest BCUT2D eigenvalue weighted by Crippen LogP contribution is -2.21. The van der Waals surface area contributed by atoms with E-state index >= 15 is 0 Å². The molecule has 1 heterocycles. The van der Waals surface area contributed by atoms with E-state index in [0.29, 0.717) is 12.6 Å². The van der Waals surface area contributed by atoms with Gasteiger partial charge in [-0.2, -0.15) is 0 Å². The summed E-state index contributed by atoms with van der Waals surface area (Å²) in [5.41, 5.74) is -0.109. The molecule has 0 atom stereocenters. The quantitative estimate of drug-likeness (QED) is 0.698. The molecular weight excluding hydrogens is 182 g/mol. The Morgan fingerprint density at radius 1 is 1.36 bits per heavy atom. The molecule has 0 saturated carbocycles. The van der Waals surface area contributed by atoms with E-state index in [1.807, 2.05) is 0 Å². The van der Waals surface area contributed by atoms with Crippen molar-refractivity contribution in [1.29, 1.82) is 0 Å².